The Morgan fingerprint density at radius 2 is 1.77 bits per heavy atom. The molecule has 4 heteroatoms. The van der Waals surface area contributed by atoms with Gasteiger partial charge >= 0.3 is 0 Å². The fourth-order valence-corrected chi connectivity index (χ4v) is 4.66. The van der Waals surface area contributed by atoms with Crippen LogP contribution in [0.4, 0.5) is 5.82 Å². The summed E-state index contributed by atoms with van der Waals surface area (Å²) in [7, 11) is 1.71. The molecule has 2 aliphatic rings. The van der Waals surface area contributed by atoms with Gasteiger partial charge < -0.3 is 9.64 Å². The molecule has 2 fully saturated rings. The number of benzene rings is 2. The third-order valence-electron chi connectivity index (χ3n) is 6.68. The molecular formula is C26H31N3O. The number of anilines is 1. The number of nitrogens with zero attached hydrogens (tertiary/aromatic N) is 3. The fraction of sp³-hybridized carbons (Fsp3) is 0.423. The summed E-state index contributed by atoms with van der Waals surface area (Å²) in [5, 5.41) is 1.17. The van der Waals surface area contributed by atoms with Crippen molar-refractivity contribution in [2.75, 3.05) is 31.6 Å². The highest BCUT2D eigenvalue weighted by molar-refractivity contribution is 5.86. The maximum atomic E-state index is 5.38. The van der Waals surface area contributed by atoms with Gasteiger partial charge in [0.25, 0.3) is 0 Å². The van der Waals surface area contributed by atoms with Gasteiger partial charge in [0.2, 0.25) is 0 Å². The largest absolute Gasteiger partial charge is 0.497 e. The van der Waals surface area contributed by atoms with E-state index in [1.54, 1.807) is 7.11 Å². The molecule has 2 atom stereocenters. The minimum atomic E-state index is 0.487. The standard InChI is InChI=1S/C26H31N3O/c1-18-16-29(19(2)15-28(18)17-20-7-8-20)26-12-10-23-13-22(9-11-25(23)27-26)21-5-4-6-24(14-21)30-3/h4-6,9-14,18-20H,7-8,15-17H2,1-3H3/t18-,19+/m1/s1. The summed E-state index contributed by atoms with van der Waals surface area (Å²) in [4.78, 5) is 10.2. The van der Waals surface area contributed by atoms with Gasteiger partial charge in [-0.25, -0.2) is 4.98 Å². The molecule has 1 aromatic heterocycles. The summed E-state index contributed by atoms with van der Waals surface area (Å²) in [6, 6.07) is 20.2. The number of fused-ring (bicyclic) bond motifs is 1. The van der Waals surface area contributed by atoms with E-state index in [1.165, 1.54) is 30.3 Å². The Hall–Kier alpha value is -2.59. The molecule has 0 radical (unpaired) electrons. The molecule has 2 heterocycles. The molecular weight excluding hydrogens is 370 g/mol. The summed E-state index contributed by atoms with van der Waals surface area (Å²) in [5.41, 5.74) is 3.40. The Labute approximate surface area is 179 Å². The van der Waals surface area contributed by atoms with Crippen molar-refractivity contribution < 1.29 is 4.74 Å². The molecule has 2 aromatic carbocycles. The number of hydrogen-bond acceptors (Lipinski definition) is 4. The van der Waals surface area contributed by atoms with Gasteiger partial charge in [-0.2, -0.15) is 0 Å². The van der Waals surface area contributed by atoms with Gasteiger partial charge in [0, 0.05) is 37.1 Å². The molecule has 0 amide bonds. The Morgan fingerprint density at radius 1 is 0.933 bits per heavy atom. The van der Waals surface area contributed by atoms with E-state index in [-0.39, 0.29) is 0 Å². The lowest BCUT2D eigenvalue weighted by Crippen LogP contribution is -2.57. The van der Waals surface area contributed by atoms with E-state index in [0.29, 0.717) is 12.1 Å². The molecule has 1 saturated heterocycles. The van der Waals surface area contributed by atoms with Crippen LogP contribution in [0.3, 0.4) is 0 Å². The summed E-state index contributed by atoms with van der Waals surface area (Å²) >= 11 is 0. The second-order valence-corrected chi connectivity index (χ2v) is 9.06. The lowest BCUT2D eigenvalue weighted by Gasteiger charge is -2.45. The highest BCUT2D eigenvalue weighted by Gasteiger charge is 2.33. The molecule has 0 N–H and O–H groups in total. The van der Waals surface area contributed by atoms with Crippen LogP contribution in [-0.4, -0.2) is 48.7 Å². The number of ether oxygens (including phenoxy) is 1. The normalized spacial score (nSPS) is 22.4. The Bertz CT molecular complexity index is 1050. The topological polar surface area (TPSA) is 28.6 Å². The van der Waals surface area contributed by atoms with Crippen LogP contribution in [0.25, 0.3) is 22.0 Å². The third-order valence-corrected chi connectivity index (χ3v) is 6.68. The lowest BCUT2D eigenvalue weighted by molar-refractivity contribution is 0.159. The lowest BCUT2D eigenvalue weighted by atomic mass is 10.0. The van der Waals surface area contributed by atoms with Crippen LogP contribution in [0.1, 0.15) is 26.7 Å². The Balaban J connectivity index is 1.38. The molecule has 1 aliphatic heterocycles. The zero-order valence-electron chi connectivity index (χ0n) is 18.2. The van der Waals surface area contributed by atoms with E-state index < -0.39 is 0 Å². The number of aromatic nitrogens is 1. The SMILES string of the molecule is COc1cccc(-c2ccc3nc(N4C[C@@H](C)N(CC5CC5)C[C@@H]4C)ccc3c2)c1. The van der Waals surface area contributed by atoms with Crippen molar-refractivity contribution in [1.29, 1.82) is 0 Å². The Kier molecular flexibility index (Phi) is 5.11. The quantitative estimate of drug-likeness (QED) is 0.586. The van der Waals surface area contributed by atoms with E-state index in [1.807, 2.05) is 12.1 Å². The van der Waals surface area contributed by atoms with Gasteiger partial charge in [-0.05, 0) is 80.1 Å². The maximum Gasteiger partial charge on any atom is 0.129 e. The Morgan fingerprint density at radius 3 is 2.57 bits per heavy atom. The molecule has 156 valence electrons. The van der Waals surface area contributed by atoms with E-state index >= 15 is 0 Å². The van der Waals surface area contributed by atoms with Crippen LogP contribution in [-0.2, 0) is 0 Å². The van der Waals surface area contributed by atoms with E-state index in [2.05, 4.69) is 66.1 Å². The van der Waals surface area contributed by atoms with Gasteiger partial charge in [-0.1, -0.05) is 18.2 Å². The smallest absolute Gasteiger partial charge is 0.129 e. The number of pyridine rings is 1. The fourth-order valence-electron chi connectivity index (χ4n) is 4.66. The van der Waals surface area contributed by atoms with E-state index in [9.17, 15) is 0 Å². The molecule has 30 heavy (non-hydrogen) atoms. The molecule has 3 aromatic rings. The maximum absolute atomic E-state index is 5.38. The molecule has 4 nitrogen and oxygen atoms in total. The van der Waals surface area contributed by atoms with Gasteiger partial charge in [0.05, 0.1) is 12.6 Å². The second-order valence-electron chi connectivity index (χ2n) is 9.06. The van der Waals surface area contributed by atoms with Crippen LogP contribution in [0.15, 0.2) is 54.6 Å². The first-order valence-corrected chi connectivity index (χ1v) is 11.2. The average molecular weight is 402 g/mol. The molecule has 1 saturated carbocycles. The molecule has 0 unspecified atom stereocenters. The summed E-state index contributed by atoms with van der Waals surface area (Å²) < 4.78 is 5.38. The van der Waals surface area contributed by atoms with Crippen molar-refractivity contribution in [3.8, 4) is 16.9 Å². The van der Waals surface area contributed by atoms with Crippen molar-refractivity contribution in [3.63, 3.8) is 0 Å². The predicted octanol–water partition coefficient (Wildman–Crippen LogP) is 5.22. The molecule has 0 bridgehead atoms. The second kappa shape index (κ2) is 7.92. The van der Waals surface area contributed by atoms with Crippen LogP contribution < -0.4 is 9.64 Å². The highest BCUT2D eigenvalue weighted by atomic mass is 16.5. The molecule has 0 spiro atoms. The van der Waals surface area contributed by atoms with Crippen LogP contribution in [0.2, 0.25) is 0 Å². The van der Waals surface area contributed by atoms with Crippen molar-refractivity contribution in [2.24, 2.45) is 5.92 Å². The van der Waals surface area contributed by atoms with Crippen molar-refractivity contribution >= 4 is 16.7 Å². The number of piperazine rings is 1. The average Bonchev–Trinajstić information content (AvgIpc) is 3.59. The first-order chi connectivity index (χ1) is 14.6. The number of rotatable bonds is 5. The summed E-state index contributed by atoms with van der Waals surface area (Å²) in [6.45, 7) is 8.16. The van der Waals surface area contributed by atoms with Gasteiger partial charge in [-0.15, -0.1) is 0 Å². The zero-order chi connectivity index (χ0) is 20.7. The van der Waals surface area contributed by atoms with Crippen LogP contribution in [0, 0.1) is 5.92 Å². The zero-order valence-corrected chi connectivity index (χ0v) is 18.2. The van der Waals surface area contributed by atoms with Gasteiger partial charge in [0.1, 0.15) is 11.6 Å². The van der Waals surface area contributed by atoms with E-state index in [4.69, 9.17) is 9.72 Å². The summed E-state index contributed by atoms with van der Waals surface area (Å²) in [6.07, 6.45) is 2.84. The highest BCUT2D eigenvalue weighted by Crippen LogP contribution is 2.33. The first kappa shape index (κ1) is 19.4. The summed E-state index contributed by atoms with van der Waals surface area (Å²) in [5.74, 6) is 2.93. The van der Waals surface area contributed by atoms with Gasteiger partial charge in [-0.3, -0.25) is 4.90 Å². The minimum absolute atomic E-state index is 0.487. The van der Waals surface area contributed by atoms with Crippen molar-refractivity contribution in [1.82, 2.24) is 9.88 Å². The van der Waals surface area contributed by atoms with E-state index in [0.717, 1.165) is 41.7 Å². The minimum Gasteiger partial charge on any atom is -0.497 e. The van der Waals surface area contributed by atoms with Crippen LogP contribution in [0.5, 0.6) is 5.75 Å². The van der Waals surface area contributed by atoms with Crippen molar-refractivity contribution in [2.45, 2.75) is 38.8 Å². The number of hydrogen-bond donors (Lipinski definition) is 0. The number of methoxy groups -OCH3 is 1. The monoisotopic (exact) mass is 401 g/mol. The predicted molar refractivity (Wildman–Crippen MR) is 124 cm³/mol. The van der Waals surface area contributed by atoms with Gasteiger partial charge in [0.15, 0.2) is 0 Å². The first-order valence-electron chi connectivity index (χ1n) is 11.2. The van der Waals surface area contributed by atoms with Crippen LogP contribution >= 0.6 is 0 Å². The molecule has 5 rings (SSSR count). The molecule has 1 aliphatic carbocycles. The third kappa shape index (κ3) is 3.89. The van der Waals surface area contributed by atoms with Crippen molar-refractivity contribution in [3.05, 3.63) is 54.6 Å².